The highest BCUT2D eigenvalue weighted by molar-refractivity contribution is 5.64. The number of rotatable bonds is 6. The lowest BCUT2D eigenvalue weighted by Gasteiger charge is -2.10. The van der Waals surface area contributed by atoms with E-state index in [1.54, 1.807) is 0 Å². The molecule has 0 aliphatic carbocycles. The van der Waals surface area contributed by atoms with Crippen molar-refractivity contribution in [1.29, 1.82) is 0 Å². The molecule has 0 N–H and O–H groups in total. The van der Waals surface area contributed by atoms with Crippen molar-refractivity contribution in [2.75, 3.05) is 0 Å². The molecule has 66 valence electrons. The van der Waals surface area contributed by atoms with Crippen LogP contribution in [0.25, 0.3) is 0 Å². The van der Waals surface area contributed by atoms with Crippen molar-refractivity contribution in [2.45, 2.75) is 46.0 Å². The second-order valence-corrected chi connectivity index (χ2v) is 3.16. The van der Waals surface area contributed by atoms with Crippen molar-refractivity contribution in [1.82, 2.24) is 0 Å². The Bertz CT molecular complexity index is 110. The van der Waals surface area contributed by atoms with E-state index in [-0.39, 0.29) is 6.42 Å². The third-order valence-electron chi connectivity index (χ3n) is 1.89. The fourth-order valence-electron chi connectivity index (χ4n) is 1.06. The monoisotopic (exact) mass is 157 g/mol. The molecule has 0 aromatic heterocycles. The third-order valence-corrected chi connectivity index (χ3v) is 1.89. The molecular weight excluding hydrogens is 140 g/mol. The maximum absolute atomic E-state index is 10.1. The lowest BCUT2D eigenvalue weighted by Crippen LogP contribution is -2.22. The summed E-state index contributed by atoms with van der Waals surface area (Å²) in [5.41, 5.74) is 0. The van der Waals surface area contributed by atoms with Gasteiger partial charge in [0, 0.05) is 5.97 Å². The average molecular weight is 157 g/mol. The largest absolute Gasteiger partial charge is 0.550 e. The van der Waals surface area contributed by atoms with Gasteiger partial charge in [0.1, 0.15) is 0 Å². The first-order valence-corrected chi connectivity index (χ1v) is 4.36. The third kappa shape index (κ3) is 7.37. The molecule has 0 radical (unpaired) electrons. The molecule has 0 amide bonds. The summed E-state index contributed by atoms with van der Waals surface area (Å²) in [6.45, 7) is 4.24. The molecule has 0 heterocycles. The molecule has 0 fully saturated rings. The Morgan fingerprint density at radius 3 is 2.55 bits per heavy atom. The molecule has 0 saturated heterocycles. The second-order valence-electron chi connectivity index (χ2n) is 3.16. The Morgan fingerprint density at radius 2 is 2.09 bits per heavy atom. The van der Waals surface area contributed by atoms with Crippen LogP contribution in [-0.2, 0) is 4.79 Å². The van der Waals surface area contributed by atoms with Gasteiger partial charge < -0.3 is 9.90 Å². The average Bonchev–Trinajstić information content (AvgIpc) is 1.97. The maximum atomic E-state index is 10.1. The van der Waals surface area contributed by atoms with E-state index in [0.717, 1.165) is 12.8 Å². The standard InChI is InChI=1S/C9H18O2/c1-3-4-5-8(2)6-7-9(10)11/h8H,3-7H2,1-2H3,(H,10,11)/p-1. The normalized spacial score (nSPS) is 12.9. The predicted octanol–water partition coefficient (Wildman–Crippen LogP) is 1.34. The SMILES string of the molecule is CCCCC(C)CCC(=O)[O-]. The zero-order valence-electron chi connectivity index (χ0n) is 7.43. The summed E-state index contributed by atoms with van der Waals surface area (Å²) in [6.07, 6.45) is 4.51. The van der Waals surface area contributed by atoms with E-state index in [2.05, 4.69) is 13.8 Å². The van der Waals surface area contributed by atoms with Gasteiger partial charge in [-0.15, -0.1) is 0 Å². The molecule has 11 heavy (non-hydrogen) atoms. The summed E-state index contributed by atoms with van der Waals surface area (Å²) in [7, 11) is 0. The molecule has 2 nitrogen and oxygen atoms in total. The minimum absolute atomic E-state index is 0.213. The van der Waals surface area contributed by atoms with Gasteiger partial charge in [0.25, 0.3) is 0 Å². The van der Waals surface area contributed by atoms with Gasteiger partial charge in [-0.1, -0.05) is 33.1 Å². The highest BCUT2D eigenvalue weighted by Gasteiger charge is 2.00. The van der Waals surface area contributed by atoms with Crippen LogP contribution in [0.1, 0.15) is 46.0 Å². The molecular formula is C9H17O2-. The second kappa shape index (κ2) is 6.20. The molecule has 1 atom stereocenters. The van der Waals surface area contributed by atoms with Gasteiger partial charge >= 0.3 is 0 Å². The number of aliphatic carboxylic acids is 1. The minimum atomic E-state index is -0.923. The number of hydrogen-bond acceptors (Lipinski definition) is 2. The lowest BCUT2D eigenvalue weighted by molar-refractivity contribution is -0.306. The maximum Gasteiger partial charge on any atom is 0.0414 e. The summed E-state index contributed by atoms with van der Waals surface area (Å²) in [5, 5.41) is 10.1. The fourth-order valence-corrected chi connectivity index (χ4v) is 1.06. The van der Waals surface area contributed by atoms with Crippen LogP contribution in [0, 0.1) is 5.92 Å². The molecule has 0 rings (SSSR count). The number of hydrogen-bond donors (Lipinski definition) is 0. The quantitative estimate of drug-likeness (QED) is 0.583. The van der Waals surface area contributed by atoms with Crippen LogP contribution in [0.2, 0.25) is 0 Å². The highest BCUT2D eigenvalue weighted by atomic mass is 16.4. The van der Waals surface area contributed by atoms with Crippen molar-refractivity contribution in [3.63, 3.8) is 0 Å². The van der Waals surface area contributed by atoms with Gasteiger partial charge in [-0.2, -0.15) is 0 Å². The van der Waals surface area contributed by atoms with Crippen molar-refractivity contribution < 1.29 is 9.90 Å². The van der Waals surface area contributed by atoms with Crippen molar-refractivity contribution in [3.8, 4) is 0 Å². The molecule has 0 aromatic rings. The van der Waals surface area contributed by atoms with Crippen LogP contribution < -0.4 is 5.11 Å². The van der Waals surface area contributed by atoms with Crippen LogP contribution in [0.5, 0.6) is 0 Å². The first kappa shape index (κ1) is 10.5. The van der Waals surface area contributed by atoms with E-state index in [4.69, 9.17) is 0 Å². The number of carbonyl (C=O) groups excluding carboxylic acids is 1. The Kier molecular flexibility index (Phi) is 5.90. The number of carboxylic acid groups (broad SMARTS) is 1. The zero-order chi connectivity index (χ0) is 8.69. The first-order chi connectivity index (χ1) is 5.16. The molecule has 0 aliphatic heterocycles. The molecule has 1 unspecified atom stereocenters. The Hall–Kier alpha value is -0.530. The van der Waals surface area contributed by atoms with Gasteiger partial charge in [-0.25, -0.2) is 0 Å². The van der Waals surface area contributed by atoms with Crippen LogP contribution in [0.3, 0.4) is 0 Å². The number of unbranched alkanes of at least 4 members (excludes halogenated alkanes) is 1. The summed E-state index contributed by atoms with van der Waals surface area (Å²) < 4.78 is 0. The molecule has 2 heteroatoms. The molecule has 0 saturated carbocycles. The topological polar surface area (TPSA) is 40.1 Å². The van der Waals surface area contributed by atoms with E-state index in [1.165, 1.54) is 12.8 Å². The van der Waals surface area contributed by atoms with Crippen molar-refractivity contribution >= 4 is 5.97 Å². The van der Waals surface area contributed by atoms with Crippen molar-refractivity contribution in [2.24, 2.45) is 5.92 Å². The van der Waals surface area contributed by atoms with E-state index in [9.17, 15) is 9.90 Å². The van der Waals surface area contributed by atoms with Crippen LogP contribution >= 0.6 is 0 Å². The minimum Gasteiger partial charge on any atom is -0.550 e. The highest BCUT2D eigenvalue weighted by Crippen LogP contribution is 2.12. The van der Waals surface area contributed by atoms with Crippen molar-refractivity contribution in [3.05, 3.63) is 0 Å². The molecule has 0 aromatic carbocycles. The molecule has 0 bridgehead atoms. The fraction of sp³-hybridized carbons (Fsp3) is 0.889. The number of carboxylic acids is 1. The Morgan fingerprint density at radius 1 is 1.45 bits per heavy atom. The number of carbonyl (C=O) groups is 1. The van der Waals surface area contributed by atoms with Crippen LogP contribution in [-0.4, -0.2) is 5.97 Å². The molecule has 0 aliphatic rings. The van der Waals surface area contributed by atoms with E-state index in [0.29, 0.717) is 5.92 Å². The summed E-state index contributed by atoms with van der Waals surface area (Å²) >= 11 is 0. The van der Waals surface area contributed by atoms with E-state index >= 15 is 0 Å². The zero-order valence-corrected chi connectivity index (χ0v) is 7.43. The van der Waals surface area contributed by atoms with E-state index < -0.39 is 5.97 Å². The summed E-state index contributed by atoms with van der Waals surface area (Å²) in [6, 6.07) is 0. The molecule has 0 spiro atoms. The van der Waals surface area contributed by atoms with Crippen LogP contribution in [0.15, 0.2) is 0 Å². The lowest BCUT2D eigenvalue weighted by atomic mass is 9.99. The summed E-state index contributed by atoms with van der Waals surface area (Å²) in [4.78, 5) is 10.1. The van der Waals surface area contributed by atoms with Gasteiger partial charge in [-0.3, -0.25) is 0 Å². The van der Waals surface area contributed by atoms with Gasteiger partial charge in [0.15, 0.2) is 0 Å². The summed E-state index contributed by atoms with van der Waals surface area (Å²) in [5.74, 6) is -0.388. The van der Waals surface area contributed by atoms with Gasteiger partial charge in [-0.05, 0) is 18.8 Å². The Balaban J connectivity index is 3.22. The van der Waals surface area contributed by atoms with Gasteiger partial charge in [0.2, 0.25) is 0 Å². The predicted molar refractivity (Wildman–Crippen MR) is 42.9 cm³/mol. The first-order valence-electron chi connectivity index (χ1n) is 4.36. The van der Waals surface area contributed by atoms with E-state index in [1.807, 2.05) is 0 Å². The van der Waals surface area contributed by atoms with Gasteiger partial charge in [0.05, 0.1) is 0 Å². The smallest absolute Gasteiger partial charge is 0.0414 e. The Labute approximate surface area is 68.6 Å². The van der Waals surface area contributed by atoms with Crippen LogP contribution in [0.4, 0.5) is 0 Å².